The van der Waals surface area contributed by atoms with E-state index in [1.54, 1.807) is 16.5 Å². The summed E-state index contributed by atoms with van der Waals surface area (Å²) in [5.74, 6) is -3.63. The first-order valence-electron chi connectivity index (χ1n) is 9.10. The predicted octanol–water partition coefficient (Wildman–Crippen LogP) is 2.11. The predicted molar refractivity (Wildman–Crippen MR) is 91.5 cm³/mol. The lowest BCUT2D eigenvalue weighted by Gasteiger charge is -2.49. The Kier molecular flexibility index (Phi) is 4.79. The third kappa shape index (κ3) is 3.46. The van der Waals surface area contributed by atoms with Crippen molar-refractivity contribution in [2.45, 2.75) is 52.0 Å². The van der Waals surface area contributed by atoms with E-state index in [0.29, 0.717) is 25.9 Å². The highest BCUT2D eigenvalue weighted by molar-refractivity contribution is 5.85. The van der Waals surface area contributed by atoms with E-state index < -0.39 is 24.3 Å². The molecule has 1 aromatic heterocycles. The number of carbonyl (C=O) groups is 2. The maximum absolute atomic E-state index is 14.4. The molecule has 3 rings (SSSR count). The van der Waals surface area contributed by atoms with Crippen LogP contribution in [-0.4, -0.2) is 57.0 Å². The molecule has 1 aromatic rings. The number of amides is 2. The number of rotatable bonds is 3. The van der Waals surface area contributed by atoms with Crippen molar-refractivity contribution in [2.75, 3.05) is 19.6 Å². The van der Waals surface area contributed by atoms with Crippen molar-refractivity contribution in [1.29, 1.82) is 0 Å². The van der Waals surface area contributed by atoms with Crippen LogP contribution in [0.15, 0.2) is 6.07 Å². The highest BCUT2D eigenvalue weighted by atomic mass is 19.3. The van der Waals surface area contributed by atoms with Gasteiger partial charge in [0.25, 0.3) is 5.92 Å². The van der Waals surface area contributed by atoms with Gasteiger partial charge >= 0.3 is 0 Å². The van der Waals surface area contributed by atoms with Crippen molar-refractivity contribution >= 4 is 11.8 Å². The summed E-state index contributed by atoms with van der Waals surface area (Å²) in [5, 5.41) is 4.28. The van der Waals surface area contributed by atoms with Gasteiger partial charge in [0.2, 0.25) is 11.8 Å². The Morgan fingerprint density at radius 1 is 1.35 bits per heavy atom. The molecule has 2 aliphatic rings. The standard InChI is InChI=1S/C18H26F2N4O2/c1-4-15(25)24-11-17(10-18(19,20)12-24)6-5-7-23(16(17)26)9-14-8-13(2)21-22(14)3/h8H,4-7,9-12H2,1-3H3. The molecule has 8 heteroatoms. The summed E-state index contributed by atoms with van der Waals surface area (Å²) < 4.78 is 30.5. The number of aromatic nitrogens is 2. The monoisotopic (exact) mass is 368 g/mol. The Labute approximate surface area is 152 Å². The van der Waals surface area contributed by atoms with E-state index in [-0.39, 0.29) is 24.8 Å². The summed E-state index contributed by atoms with van der Waals surface area (Å²) in [6, 6.07) is 1.90. The quantitative estimate of drug-likeness (QED) is 0.821. The second-order valence-electron chi connectivity index (χ2n) is 7.65. The molecular formula is C18H26F2N4O2. The Balaban J connectivity index is 1.85. The molecule has 1 unspecified atom stereocenters. The maximum atomic E-state index is 14.4. The van der Waals surface area contributed by atoms with Gasteiger partial charge in [-0.1, -0.05) is 6.92 Å². The minimum atomic E-state index is -3.04. The van der Waals surface area contributed by atoms with Crippen LogP contribution < -0.4 is 0 Å². The summed E-state index contributed by atoms with van der Waals surface area (Å²) in [5.41, 5.74) is 0.543. The van der Waals surface area contributed by atoms with Gasteiger partial charge in [-0.3, -0.25) is 14.3 Å². The van der Waals surface area contributed by atoms with Crippen molar-refractivity contribution < 1.29 is 18.4 Å². The topological polar surface area (TPSA) is 58.4 Å². The van der Waals surface area contributed by atoms with Crippen molar-refractivity contribution in [1.82, 2.24) is 19.6 Å². The molecule has 144 valence electrons. The lowest BCUT2D eigenvalue weighted by Crippen LogP contribution is -2.61. The molecule has 2 fully saturated rings. The van der Waals surface area contributed by atoms with Gasteiger partial charge < -0.3 is 9.80 Å². The molecule has 2 amide bonds. The molecule has 0 N–H and O–H groups in total. The molecule has 26 heavy (non-hydrogen) atoms. The minimum absolute atomic E-state index is 0.0923. The van der Waals surface area contributed by atoms with E-state index in [4.69, 9.17) is 0 Å². The van der Waals surface area contributed by atoms with Crippen LogP contribution in [0.5, 0.6) is 0 Å². The first-order valence-corrected chi connectivity index (χ1v) is 9.10. The average Bonchev–Trinajstić information content (AvgIpc) is 2.87. The van der Waals surface area contributed by atoms with Gasteiger partial charge in [-0.15, -0.1) is 0 Å². The smallest absolute Gasteiger partial charge is 0.266 e. The van der Waals surface area contributed by atoms with Crippen LogP contribution in [0.1, 0.15) is 44.0 Å². The highest BCUT2D eigenvalue weighted by Crippen LogP contribution is 2.45. The molecule has 1 spiro atoms. The summed E-state index contributed by atoms with van der Waals surface area (Å²) in [4.78, 5) is 28.1. The molecule has 3 heterocycles. The summed E-state index contributed by atoms with van der Waals surface area (Å²) in [7, 11) is 1.81. The van der Waals surface area contributed by atoms with Gasteiger partial charge in [0, 0.05) is 33.0 Å². The SMILES string of the molecule is CCC(=O)N1CC(F)(F)CC2(CCCN(Cc3cc(C)nn3C)C2=O)C1. The third-order valence-electron chi connectivity index (χ3n) is 5.44. The van der Waals surface area contributed by atoms with E-state index in [0.717, 1.165) is 11.4 Å². The normalized spacial score (nSPS) is 25.8. The fourth-order valence-electron chi connectivity index (χ4n) is 4.33. The summed E-state index contributed by atoms with van der Waals surface area (Å²) in [6.45, 7) is 3.92. The lowest BCUT2D eigenvalue weighted by molar-refractivity contribution is -0.175. The van der Waals surface area contributed by atoms with E-state index in [2.05, 4.69) is 5.10 Å². The number of aryl methyl sites for hydroxylation is 2. The van der Waals surface area contributed by atoms with Crippen molar-refractivity contribution in [3.05, 3.63) is 17.5 Å². The average molecular weight is 368 g/mol. The van der Waals surface area contributed by atoms with Crippen molar-refractivity contribution in [3.63, 3.8) is 0 Å². The number of likely N-dealkylation sites (tertiary alicyclic amines) is 2. The Morgan fingerprint density at radius 3 is 2.69 bits per heavy atom. The lowest BCUT2D eigenvalue weighted by atomic mass is 9.71. The van der Waals surface area contributed by atoms with Crippen LogP contribution in [0.2, 0.25) is 0 Å². The molecule has 0 aromatic carbocycles. The molecule has 1 atom stereocenters. The minimum Gasteiger partial charge on any atom is -0.336 e. The summed E-state index contributed by atoms with van der Waals surface area (Å²) >= 11 is 0. The molecule has 6 nitrogen and oxygen atoms in total. The number of carbonyl (C=O) groups excluding carboxylic acids is 2. The number of hydrogen-bond acceptors (Lipinski definition) is 3. The van der Waals surface area contributed by atoms with E-state index in [1.807, 2.05) is 20.0 Å². The molecule has 2 saturated heterocycles. The number of nitrogens with zero attached hydrogens (tertiary/aromatic N) is 4. The van der Waals surface area contributed by atoms with Crippen LogP contribution >= 0.6 is 0 Å². The molecule has 2 aliphatic heterocycles. The fraction of sp³-hybridized carbons (Fsp3) is 0.722. The largest absolute Gasteiger partial charge is 0.336 e. The maximum Gasteiger partial charge on any atom is 0.266 e. The number of piperidine rings is 2. The van der Waals surface area contributed by atoms with Crippen LogP contribution in [0.3, 0.4) is 0 Å². The second kappa shape index (κ2) is 6.63. The van der Waals surface area contributed by atoms with E-state index in [1.165, 1.54) is 4.90 Å². The van der Waals surface area contributed by atoms with E-state index >= 15 is 0 Å². The molecule has 0 bridgehead atoms. The molecule has 0 saturated carbocycles. The van der Waals surface area contributed by atoms with Gasteiger partial charge in [-0.2, -0.15) is 5.10 Å². The molecule has 0 radical (unpaired) electrons. The molecule has 0 aliphatic carbocycles. The van der Waals surface area contributed by atoms with Gasteiger partial charge in [0.05, 0.1) is 29.9 Å². The van der Waals surface area contributed by atoms with Crippen LogP contribution in [0.25, 0.3) is 0 Å². The first-order chi connectivity index (χ1) is 12.2. The number of alkyl halides is 2. The zero-order valence-corrected chi connectivity index (χ0v) is 15.6. The van der Waals surface area contributed by atoms with Gasteiger partial charge in [0.15, 0.2) is 0 Å². The van der Waals surface area contributed by atoms with Gasteiger partial charge in [-0.25, -0.2) is 8.78 Å². The van der Waals surface area contributed by atoms with Gasteiger partial charge in [-0.05, 0) is 25.8 Å². The van der Waals surface area contributed by atoms with Crippen LogP contribution in [0.4, 0.5) is 8.78 Å². The van der Waals surface area contributed by atoms with Crippen LogP contribution in [0, 0.1) is 12.3 Å². The molecular weight excluding hydrogens is 342 g/mol. The Morgan fingerprint density at radius 2 is 2.08 bits per heavy atom. The number of hydrogen-bond donors (Lipinski definition) is 0. The third-order valence-corrected chi connectivity index (χ3v) is 5.44. The number of halogens is 2. The Hall–Kier alpha value is -1.99. The fourth-order valence-corrected chi connectivity index (χ4v) is 4.33. The first kappa shape index (κ1) is 18.8. The van der Waals surface area contributed by atoms with Gasteiger partial charge in [0.1, 0.15) is 0 Å². The summed E-state index contributed by atoms with van der Waals surface area (Å²) in [6.07, 6.45) is 0.744. The Bertz CT molecular complexity index is 718. The highest BCUT2D eigenvalue weighted by Gasteiger charge is 2.55. The van der Waals surface area contributed by atoms with Crippen LogP contribution in [-0.2, 0) is 23.2 Å². The second-order valence-corrected chi connectivity index (χ2v) is 7.65. The zero-order chi connectivity index (χ0) is 19.1. The van der Waals surface area contributed by atoms with Crippen molar-refractivity contribution in [3.8, 4) is 0 Å². The zero-order valence-electron chi connectivity index (χ0n) is 15.6. The van der Waals surface area contributed by atoms with E-state index in [9.17, 15) is 18.4 Å². The van der Waals surface area contributed by atoms with Crippen molar-refractivity contribution in [2.24, 2.45) is 12.5 Å².